The van der Waals surface area contributed by atoms with Gasteiger partial charge in [-0.2, -0.15) is 0 Å². The van der Waals surface area contributed by atoms with Gasteiger partial charge in [-0.25, -0.2) is 4.79 Å². The monoisotopic (exact) mass is 274 g/mol. The maximum absolute atomic E-state index is 12.5. The Labute approximate surface area is 117 Å². The van der Waals surface area contributed by atoms with Crippen LogP contribution in [0.4, 0.5) is 0 Å². The summed E-state index contributed by atoms with van der Waals surface area (Å²) >= 11 is 0. The van der Waals surface area contributed by atoms with E-state index in [4.69, 9.17) is 5.11 Å². The molecule has 1 aromatic heterocycles. The molecule has 0 saturated carbocycles. The number of hydrogen-bond acceptors (Lipinski definition) is 3. The van der Waals surface area contributed by atoms with Gasteiger partial charge in [-0.05, 0) is 25.0 Å². The molecule has 0 aliphatic carbocycles. The fourth-order valence-electron chi connectivity index (χ4n) is 2.34. The molecular weight excluding hydrogens is 256 g/mol. The zero-order valence-electron chi connectivity index (χ0n) is 11.3. The van der Waals surface area contributed by atoms with Gasteiger partial charge in [-0.15, -0.1) is 0 Å². The minimum Gasteiger partial charge on any atom is -0.478 e. The van der Waals surface area contributed by atoms with E-state index < -0.39 is 5.97 Å². The van der Waals surface area contributed by atoms with Crippen LogP contribution in [0.5, 0.6) is 0 Å². The smallest absolute Gasteiger partial charge is 0.328 e. The van der Waals surface area contributed by atoms with Gasteiger partial charge < -0.3 is 10.0 Å². The second-order valence-corrected chi connectivity index (χ2v) is 4.84. The molecule has 2 rings (SSSR count). The summed E-state index contributed by atoms with van der Waals surface area (Å²) in [6.07, 6.45) is 9.89. The Morgan fingerprint density at radius 3 is 2.55 bits per heavy atom. The van der Waals surface area contributed by atoms with E-state index in [-0.39, 0.29) is 5.91 Å². The van der Waals surface area contributed by atoms with E-state index >= 15 is 0 Å². The second kappa shape index (κ2) is 6.84. The second-order valence-electron chi connectivity index (χ2n) is 4.84. The minimum atomic E-state index is -1.04. The minimum absolute atomic E-state index is 0.0423. The van der Waals surface area contributed by atoms with Crippen molar-refractivity contribution in [3.8, 4) is 0 Å². The zero-order chi connectivity index (χ0) is 14.4. The summed E-state index contributed by atoms with van der Waals surface area (Å²) in [5.74, 6) is -1.08. The Bertz CT molecular complexity index is 518. The Balaban J connectivity index is 2.22. The van der Waals surface area contributed by atoms with Crippen molar-refractivity contribution < 1.29 is 14.7 Å². The van der Waals surface area contributed by atoms with Gasteiger partial charge in [0.25, 0.3) is 5.91 Å². The molecule has 0 radical (unpaired) electrons. The largest absolute Gasteiger partial charge is 0.478 e. The molecule has 1 aromatic rings. The summed E-state index contributed by atoms with van der Waals surface area (Å²) in [6.45, 7) is 1.53. The molecule has 1 saturated heterocycles. The quantitative estimate of drug-likeness (QED) is 0.858. The number of carbonyl (C=O) groups excluding carboxylic acids is 1. The third kappa shape index (κ3) is 3.66. The molecule has 1 fully saturated rings. The standard InChI is InChI=1S/C15H18N2O3/c18-14(19)6-5-12-11-16-8-7-13(12)15(20)17-9-3-1-2-4-10-17/h5-8,11H,1-4,9-10H2,(H,18,19). The van der Waals surface area contributed by atoms with Crippen molar-refractivity contribution in [1.29, 1.82) is 0 Å². The first kappa shape index (κ1) is 14.2. The molecule has 0 atom stereocenters. The Morgan fingerprint density at radius 2 is 1.90 bits per heavy atom. The van der Waals surface area contributed by atoms with E-state index in [1.807, 2.05) is 4.90 Å². The van der Waals surface area contributed by atoms with E-state index in [0.717, 1.165) is 44.8 Å². The van der Waals surface area contributed by atoms with Crippen molar-refractivity contribution in [2.45, 2.75) is 25.7 Å². The fraction of sp³-hybridized carbons (Fsp3) is 0.400. The van der Waals surface area contributed by atoms with Gasteiger partial charge in [-0.3, -0.25) is 9.78 Å². The SMILES string of the molecule is O=C(O)C=Cc1cnccc1C(=O)N1CCCCCC1. The number of hydrogen-bond donors (Lipinski definition) is 1. The van der Waals surface area contributed by atoms with Crippen LogP contribution < -0.4 is 0 Å². The number of carboxylic acids is 1. The molecule has 5 heteroatoms. The lowest BCUT2D eigenvalue weighted by molar-refractivity contribution is -0.131. The highest BCUT2D eigenvalue weighted by Gasteiger charge is 2.19. The number of amides is 1. The predicted molar refractivity (Wildman–Crippen MR) is 75.3 cm³/mol. The average molecular weight is 274 g/mol. The number of rotatable bonds is 3. The lowest BCUT2D eigenvalue weighted by Crippen LogP contribution is -2.32. The Kier molecular flexibility index (Phi) is 4.87. The molecule has 106 valence electrons. The first-order valence-electron chi connectivity index (χ1n) is 6.83. The summed E-state index contributed by atoms with van der Waals surface area (Å²) in [4.78, 5) is 28.9. The normalized spacial score (nSPS) is 16.1. The topological polar surface area (TPSA) is 70.5 Å². The van der Waals surface area contributed by atoms with Crippen molar-refractivity contribution >= 4 is 18.0 Å². The lowest BCUT2D eigenvalue weighted by Gasteiger charge is -2.21. The van der Waals surface area contributed by atoms with E-state index in [9.17, 15) is 9.59 Å². The highest BCUT2D eigenvalue weighted by atomic mass is 16.4. The van der Waals surface area contributed by atoms with E-state index in [0.29, 0.717) is 11.1 Å². The van der Waals surface area contributed by atoms with Crippen LogP contribution in [-0.2, 0) is 4.79 Å². The van der Waals surface area contributed by atoms with E-state index in [1.165, 1.54) is 12.3 Å². The van der Waals surface area contributed by atoms with Gasteiger partial charge >= 0.3 is 5.97 Å². The van der Waals surface area contributed by atoms with Crippen molar-refractivity contribution in [3.63, 3.8) is 0 Å². The molecule has 2 heterocycles. The van der Waals surface area contributed by atoms with Crippen LogP contribution in [-0.4, -0.2) is 40.0 Å². The zero-order valence-corrected chi connectivity index (χ0v) is 11.3. The molecule has 1 aliphatic heterocycles. The number of carboxylic acid groups (broad SMARTS) is 1. The van der Waals surface area contributed by atoms with Crippen LogP contribution in [0.25, 0.3) is 6.08 Å². The molecule has 0 unspecified atom stereocenters. The first-order chi connectivity index (χ1) is 9.68. The van der Waals surface area contributed by atoms with Crippen molar-refractivity contribution in [1.82, 2.24) is 9.88 Å². The van der Waals surface area contributed by atoms with Gasteiger partial charge in [0, 0.05) is 42.7 Å². The van der Waals surface area contributed by atoms with E-state index in [2.05, 4.69) is 4.98 Å². The number of likely N-dealkylation sites (tertiary alicyclic amines) is 1. The highest BCUT2D eigenvalue weighted by molar-refractivity contribution is 5.98. The number of aromatic nitrogens is 1. The third-order valence-corrected chi connectivity index (χ3v) is 3.38. The Hall–Kier alpha value is -2.17. The predicted octanol–water partition coefficient (Wildman–Crippen LogP) is 2.20. The third-order valence-electron chi connectivity index (χ3n) is 3.38. The molecular formula is C15H18N2O3. The number of carbonyl (C=O) groups is 2. The molecule has 1 aliphatic rings. The summed E-state index contributed by atoms with van der Waals surface area (Å²) in [6, 6.07) is 1.65. The number of nitrogens with zero attached hydrogens (tertiary/aromatic N) is 2. The maximum Gasteiger partial charge on any atom is 0.328 e. The number of pyridine rings is 1. The summed E-state index contributed by atoms with van der Waals surface area (Å²) in [5.41, 5.74) is 1.06. The summed E-state index contributed by atoms with van der Waals surface area (Å²) in [7, 11) is 0. The molecule has 20 heavy (non-hydrogen) atoms. The van der Waals surface area contributed by atoms with Crippen LogP contribution in [0.3, 0.4) is 0 Å². The fourth-order valence-corrected chi connectivity index (χ4v) is 2.34. The molecule has 1 amide bonds. The van der Waals surface area contributed by atoms with Crippen molar-refractivity contribution in [3.05, 3.63) is 35.7 Å². The number of aliphatic carboxylic acids is 1. The van der Waals surface area contributed by atoms with Crippen molar-refractivity contribution in [2.24, 2.45) is 0 Å². The highest BCUT2D eigenvalue weighted by Crippen LogP contribution is 2.16. The van der Waals surface area contributed by atoms with Gasteiger partial charge in [-0.1, -0.05) is 12.8 Å². The lowest BCUT2D eigenvalue weighted by atomic mass is 10.1. The molecule has 0 bridgehead atoms. The molecule has 0 aromatic carbocycles. The summed E-state index contributed by atoms with van der Waals surface area (Å²) < 4.78 is 0. The molecule has 5 nitrogen and oxygen atoms in total. The maximum atomic E-state index is 12.5. The van der Waals surface area contributed by atoms with Crippen LogP contribution in [0, 0.1) is 0 Å². The van der Waals surface area contributed by atoms with Crippen molar-refractivity contribution in [2.75, 3.05) is 13.1 Å². The first-order valence-corrected chi connectivity index (χ1v) is 6.83. The van der Waals surface area contributed by atoms with Crippen LogP contribution in [0.15, 0.2) is 24.5 Å². The van der Waals surface area contributed by atoms with Gasteiger partial charge in [0.15, 0.2) is 0 Å². The van der Waals surface area contributed by atoms with E-state index in [1.54, 1.807) is 12.3 Å². The summed E-state index contributed by atoms with van der Waals surface area (Å²) in [5, 5.41) is 8.69. The molecule has 1 N–H and O–H groups in total. The van der Waals surface area contributed by atoms with Gasteiger partial charge in [0.05, 0.1) is 0 Å². The van der Waals surface area contributed by atoms with Crippen LogP contribution in [0.1, 0.15) is 41.6 Å². The Morgan fingerprint density at radius 1 is 1.20 bits per heavy atom. The van der Waals surface area contributed by atoms with Gasteiger partial charge in [0.2, 0.25) is 0 Å². The molecule has 0 spiro atoms. The van der Waals surface area contributed by atoms with Crippen LogP contribution in [0.2, 0.25) is 0 Å². The average Bonchev–Trinajstić information content (AvgIpc) is 2.73. The van der Waals surface area contributed by atoms with Crippen LogP contribution >= 0.6 is 0 Å². The van der Waals surface area contributed by atoms with Gasteiger partial charge in [0.1, 0.15) is 0 Å².